The summed E-state index contributed by atoms with van der Waals surface area (Å²) in [6.07, 6.45) is 1.73. The molecule has 0 radical (unpaired) electrons. The predicted octanol–water partition coefficient (Wildman–Crippen LogP) is 2.52. The van der Waals surface area contributed by atoms with Gasteiger partial charge in [-0.1, -0.05) is 19.1 Å². The highest BCUT2D eigenvalue weighted by Gasteiger charge is 2.17. The lowest BCUT2D eigenvalue weighted by atomic mass is 10.3. The topological polar surface area (TPSA) is 57.2 Å². The zero-order valence-electron chi connectivity index (χ0n) is 12.5. The van der Waals surface area contributed by atoms with E-state index in [4.69, 9.17) is 0 Å². The van der Waals surface area contributed by atoms with Crippen molar-refractivity contribution in [1.29, 1.82) is 0 Å². The first-order valence-corrected chi connectivity index (χ1v) is 8.24. The van der Waals surface area contributed by atoms with Crippen LogP contribution in [0.3, 0.4) is 0 Å². The van der Waals surface area contributed by atoms with Crippen molar-refractivity contribution in [1.82, 2.24) is 20.1 Å². The molecule has 1 N–H and O–H groups in total. The highest BCUT2D eigenvalue weighted by atomic mass is 79.9. The average molecular weight is 363 g/mol. The van der Waals surface area contributed by atoms with Gasteiger partial charge in [0.2, 0.25) is 5.95 Å². The van der Waals surface area contributed by atoms with Crippen LogP contribution in [0.2, 0.25) is 0 Å². The normalized spacial score (nSPS) is 15.8. The Labute approximate surface area is 138 Å². The first-order valence-electron chi connectivity index (χ1n) is 7.45. The molecule has 22 heavy (non-hydrogen) atoms. The van der Waals surface area contributed by atoms with Crippen LogP contribution in [-0.2, 0) is 0 Å². The Balaban J connectivity index is 1.72. The van der Waals surface area contributed by atoms with Crippen LogP contribution in [0.25, 0.3) is 0 Å². The number of likely N-dealkylation sites (N-methyl/N-ethyl adjacent to an activating group) is 1. The smallest absolute Gasteiger partial charge is 0.249 e. The van der Waals surface area contributed by atoms with Crippen molar-refractivity contribution in [3.8, 4) is 0 Å². The third kappa shape index (κ3) is 3.53. The Kier molecular flexibility index (Phi) is 4.84. The SMILES string of the molecule is CCN1CCN(c2cnnc(Nc3ccccc3Br)n2)CC1. The van der Waals surface area contributed by atoms with E-state index < -0.39 is 0 Å². The van der Waals surface area contributed by atoms with E-state index in [0.29, 0.717) is 5.95 Å². The third-order valence-corrected chi connectivity index (χ3v) is 4.50. The molecule has 0 amide bonds. The summed E-state index contributed by atoms with van der Waals surface area (Å²) in [4.78, 5) is 9.28. The highest BCUT2D eigenvalue weighted by molar-refractivity contribution is 9.10. The number of piperazine rings is 1. The fraction of sp³-hybridized carbons (Fsp3) is 0.400. The Hall–Kier alpha value is -1.73. The van der Waals surface area contributed by atoms with Crippen molar-refractivity contribution >= 4 is 33.4 Å². The number of nitrogens with one attached hydrogen (secondary N) is 1. The maximum atomic E-state index is 4.59. The number of hydrogen-bond acceptors (Lipinski definition) is 6. The number of nitrogens with zero attached hydrogens (tertiary/aromatic N) is 5. The van der Waals surface area contributed by atoms with Gasteiger partial charge in [0, 0.05) is 30.7 Å². The summed E-state index contributed by atoms with van der Waals surface area (Å²) in [5.74, 6) is 1.39. The summed E-state index contributed by atoms with van der Waals surface area (Å²) in [6, 6.07) is 7.88. The number of halogens is 1. The third-order valence-electron chi connectivity index (χ3n) is 3.81. The lowest BCUT2D eigenvalue weighted by molar-refractivity contribution is 0.270. The van der Waals surface area contributed by atoms with Gasteiger partial charge >= 0.3 is 0 Å². The average Bonchev–Trinajstić information content (AvgIpc) is 2.57. The van der Waals surface area contributed by atoms with Gasteiger partial charge in [-0.2, -0.15) is 10.1 Å². The number of anilines is 3. The number of benzene rings is 1. The molecule has 116 valence electrons. The standard InChI is InChI=1S/C15H19BrN6/c1-2-21-7-9-22(10-8-21)14-11-17-20-15(19-14)18-13-6-4-3-5-12(13)16/h3-6,11H,2,7-10H2,1H3,(H,18,19,20). The van der Waals surface area contributed by atoms with E-state index in [1.54, 1.807) is 6.20 Å². The van der Waals surface area contributed by atoms with Gasteiger partial charge in [0.25, 0.3) is 0 Å². The fourth-order valence-corrected chi connectivity index (χ4v) is 2.86. The monoisotopic (exact) mass is 362 g/mol. The molecule has 0 unspecified atom stereocenters. The van der Waals surface area contributed by atoms with Gasteiger partial charge in [0.05, 0.1) is 11.9 Å². The molecule has 3 rings (SSSR count). The number of rotatable bonds is 4. The summed E-state index contributed by atoms with van der Waals surface area (Å²) < 4.78 is 0.973. The minimum atomic E-state index is 0.516. The molecule has 0 spiro atoms. The van der Waals surface area contributed by atoms with Gasteiger partial charge in [-0.15, -0.1) is 5.10 Å². The number of aromatic nitrogens is 3. The van der Waals surface area contributed by atoms with Crippen LogP contribution in [-0.4, -0.2) is 52.8 Å². The first-order chi connectivity index (χ1) is 10.8. The van der Waals surface area contributed by atoms with Gasteiger partial charge in [-0.05, 0) is 34.6 Å². The van der Waals surface area contributed by atoms with E-state index in [0.717, 1.165) is 48.7 Å². The molecule has 0 aliphatic carbocycles. The van der Waals surface area contributed by atoms with Crippen LogP contribution >= 0.6 is 15.9 Å². The molecule has 0 saturated carbocycles. The Morgan fingerprint density at radius 2 is 1.95 bits per heavy atom. The van der Waals surface area contributed by atoms with E-state index in [9.17, 15) is 0 Å². The Morgan fingerprint density at radius 1 is 1.18 bits per heavy atom. The summed E-state index contributed by atoms with van der Waals surface area (Å²) in [5, 5.41) is 11.4. The summed E-state index contributed by atoms with van der Waals surface area (Å²) >= 11 is 3.51. The van der Waals surface area contributed by atoms with Gasteiger partial charge in [0.15, 0.2) is 5.82 Å². The molecule has 1 aliphatic rings. The zero-order chi connectivity index (χ0) is 15.4. The van der Waals surface area contributed by atoms with E-state index in [2.05, 4.69) is 53.2 Å². The van der Waals surface area contributed by atoms with Crippen molar-refractivity contribution < 1.29 is 0 Å². The second-order valence-corrected chi connectivity index (χ2v) is 6.02. The number of hydrogen-bond donors (Lipinski definition) is 1. The molecule has 1 saturated heterocycles. The van der Waals surface area contributed by atoms with Crippen molar-refractivity contribution in [2.24, 2.45) is 0 Å². The van der Waals surface area contributed by atoms with Crippen molar-refractivity contribution in [2.45, 2.75) is 6.92 Å². The van der Waals surface area contributed by atoms with E-state index in [1.807, 2.05) is 24.3 Å². The van der Waals surface area contributed by atoms with Crippen LogP contribution in [0.1, 0.15) is 6.92 Å². The lowest BCUT2D eigenvalue weighted by Crippen LogP contribution is -2.46. The van der Waals surface area contributed by atoms with Crippen molar-refractivity contribution in [3.63, 3.8) is 0 Å². The predicted molar refractivity (Wildman–Crippen MR) is 91.6 cm³/mol. The van der Waals surface area contributed by atoms with Crippen molar-refractivity contribution in [3.05, 3.63) is 34.9 Å². The minimum Gasteiger partial charge on any atom is -0.353 e. The summed E-state index contributed by atoms with van der Waals surface area (Å²) in [6.45, 7) is 7.37. The molecule has 0 atom stereocenters. The van der Waals surface area contributed by atoms with E-state index >= 15 is 0 Å². The van der Waals surface area contributed by atoms with Crippen LogP contribution in [0.15, 0.2) is 34.9 Å². The second-order valence-electron chi connectivity index (χ2n) is 5.16. The Morgan fingerprint density at radius 3 is 2.68 bits per heavy atom. The van der Waals surface area contributed by atoms with Gasteiger partial charge in [-0.3, -0.25) is 0 Å². The molecule has 2 heterocycles. The molecule has 2 aromatic rings. The molecule has 1 aromatic carbocycles. The van der Waals surface area contributed by atoms with Crippen LogP contribution in [0, 0.1) is 0 Å². The van der Waals surface area contributed by atoms with Crippen LogP contribution in [0.5, 0.6) is 0 Å². The second kappa shape index (κ2) is 7.02. The van der Waals surface area contributed by atoms with Crippen molar-refractivity contribution in [2.75, 3.05) is 42.9 Å². The summed E-state index contributed by atoms with van der Waals surface area (Å²) in [7, 11) is 0. The molecule has 1 aliphatic heterocycles. The minimum absolute atomic E-state index is 0.516. The highest BCUT2D eigenvalue weighted by Crippen LogP contribution is 2.24. The molecular weight excluding hydrogens is 344 g/mol. The largest absolute Gasteiger partial charge is 0.353 e. The van der Waals surface area contributed by atoms with Gasteiger partial charge in [0.1, 0.15) is 0 Å². The van der Waals surface area contributed by atoms with Crippen LogP contribution < -0.4 is 10.2 Å². The van der Waals surface area contributed by atoms with Gasteiger partial charge in [-0.25, -0.2) is 0 Å². The first kappa shape index (κ1) is 15.2. The van der Waals surface area contributed by atoms with E-state index in [-0.39, 0.29) is 0 Å². The maximum absolute atomic E-state index is 4.59. The number of para-hydroxylation sites is 1. The molecule has 1 fully saturated rings. The van der Waals surface area contributed by atoms with E-state index in [1.165, 1.54) is 0 Å². The Bertz CT molecular complexity index is 627. The molecule has 6 nitrogen and oxygen atoms in total. The molecule has 1 aromatic heterocycles. The lowest BCUT2D eigenvalue weighted by Gasteiger charge is -2.34. The quantitative estimate of drug-likeness (QED) is 0.901. The maximum Gasteiger partial charge on any atom is 0.249 e. The fourth-order valence-electron chi connectivity index (χ4n) is 2.48. The molecule has 0 bridgehead atoms. The zero-order valence-corrected chi connectivity index (χ0v) is 14.1. The molecular formula is C15H19BrN6. The van der Waals surface area contributed by atoms with Gasteiger partial charge < -0.3 is 15.1 Å². The molecule has 7 heteroatoms. The van der Waals surface area contributed by atoms with Crippen LogP contribution in [0.4, 0.5) is 17.5 Å². The summed E-state index contributed by atoms with van der Waals surface area (Å²) in [5.41, 5.74) is 0.928.